The van der Waals surface area contributed by atoms with Gasteiger partial charge in [-0.3, -0.25) is 9.10 Å². The van der Waals surface area contributed by atoms with Gasteiger partial charge in [0.2, 0.25) is 10.0 Å². The van der Waals surface area contributed by atoms with Crippen LogP contribution in [0, 0.1) is 0 Å². The van der Waals surface area contributed by atoms with Crippen LogP contribution in [-0.2, 0) is 16.4 Å². The zero-order valence-electron chi connectivity index (χ0n) is 14.4. The van der Waals surface area contributed by atoms with E-state index < -0.39 is 10.0 Å². The van der Waals surface area contributed by atoms with Crippen molar-refractivity contribution in [1.82, 2.24) is 5.32 Å². The summed E-state index contributed by atoms with van der Waals surface area (Å²) in [5.74, 6) is -0.0882. The average molecular weight is 388 g/mol. The van der Waals surface area contributed by atoms with Crippen molar-refractivity contribution in [3.8, 4) is 0 Å². The van der Waals surface area contributed by atoms with Gasteiger partial charge in [-0.15, -0.1) is 12.4 Å². The molecule has 3 rings (SSSR count). The number of aryl methyl sites for hydroxylation is 1. The summed E-state index contributed by atoms with van der Waals surface area (Å²) >= 11 is 0. The summed E-state index contributed by atoms with van der Waals surface area (Å²) in [6.07, 6.45) is 6.50. The summed E-state index contributed by atoms with van der Waals surface area (Å²) in [7, 11) is -3.28. The lowest BCUT2D eigenvalue weighted by molar-refractivity contribution is 0.0926. The molecule has 0 atom stereocenters. The molecule has 1 heterocycles. The molecule has 1 amide bonds. The fourth-order valence-corrected chi connectivity index (χ4v) is 4.58. The van der Waals surface area contributed by atoms with Crippen LogP contribution in [0.15, 0.2) is 18.2 Å². The molecule has 6 nitrogen and oxygen atoms in total. The maximum Gasteiger partial charge on any atom is 0.251 e. The van der Waals surface area contributed by atoms with Gasteiger partial charge in [-0.05, 0) is 62.3 Å². The molecule has 0 unspecified atom stereocenters. The first-order valence-electron chi connectivity index (χ1n) is 8.51. The molecule has 0 saturated heterocycles. The number of carbonyl (C=O) groups excluding carboxylic acids is 1. The normalized spacial score (nSPS) is 23.4. The largest absolute Gasteiger partial charge is 0.349 e. The van der Waals surface area contributed by atoms with Gasteiger partial charge in [-0.2, -0.15) is 0 Å². The van der Waals surface area contributed by atoms with Crippen molar-refractivity contribution in [2.75, 3.05) is 17.1 Å². The predicted octanol–water partition coefficient (Wildman–Crippen LogP) is 1.82. The third-order valence-corrected chi connectivity index (χ3v) is 6.11. The Morgan fingerprint density at radius 2 is 1.92 bits per heavy atom. The summed E-state index contributed by atoms with van der Waals surface area (Å²) in [5.41, 5.74) is 8.11. The lowest BCUT2D eigenvalue weighted by atomic mass is 9.91. The van der Waals surface area contributed by atoms with Crippen molar-refractivity contribution in [2.24, 2.45) is 5.73 Å². The zero-order chi connectivity index (χ0) is 17.3. The van der Waals surface area contributed by atoms with Crippen LogP contribution in [0.4, 0.5) is 5.69 Å². The minimum Gasteiger partial charge on any atom is -0.349 e. The third-order valence-electron chi connectivity index (χ3n) is 4.93. The SMILES string of the molecule is CS(=O)(=O)N1CCCc2cc(C(=O)NC3CCC(N)CC3)ccc21.Cl. The summed E-state index contributed by atoms with van der Waals surface area (Å²) in [4.78, 5) is 12.5. The minimum absolute atomic E-state index is 0. The van der Waals surface area contributed by atoms with Gasteiger partial charge < -0.3 is 11.1 Å². The Labute approximate surface area is 155 Å². The number of hydrogen-bond acceptors (Lipinski definition) is 4. The predicted molar refractivity (Wildman–Crippen MR) is 102 cm³/mol. The minimum atomic E-state index is -3.28. The van der Waals surface area contributed by atoms with Gasteiger partial charge in [0.05, 0.1) is 11.9 Å². The van der Waals surface area contributed by atoms with E-state index in [1.165, 1.54) is 10.6 Å². The van der Waals surface area contributed by atoms with Crippen LogP contribution in [0.2, 0.25) is 0 Å². The van der Waals surface area contributed by atoms with Gasteiger partial charge in [-0.25, -0.2) is 8.42 Å². The van der Waals surface area contributed by atoms with E-state index in [4.69, 9.17) is 5.73 Å². The van der Waals surface area contributed by atoms with E-state index in [1.54, 1.807) is 12.1 Å². The number of anilines is 1. The molecule has 1 aliphatic carbocycles. The molecule has 0 spiro atoms. The molecule has 140 valence electrons. The second kappa shape index (κ2) is 7.93. The highest BCUT2D eigenvalue weighted by Gasteiger charge is 2.25. The highest BCUT2D eigenvalue weighted by atomic mass is 35.5. The van der Waals surface area contributed by atoms with Gasteiger partial charge in [0.15, 0.2) is 0 Å². The molecule has 1 aromatic rings. The standard InChI is InChI=1S/C17H25N3O3S.ClH/c1-24(22,23)20-10-2-3-12-11-13(4-9-16(12)20)17(21)19-15-7-5-14(18)6-8-15;/h4,9,11,14-15H,2-3,5-8,10,18H2,1H3,(H,19,21);1H. The van der Waals surface area contributed by atoms with E-state index in [0.29, 0.717) is 17.8 Å². The molecule has 1 saturated carbocycles. The molecule has 0 bridgehead atoms. The van der Waals surface area contributed by atoms with Crippen LogP contribution in [0.5, 0.6) is 0 Å². The molecular formula is C17H26ClN3O3S. The number of benzene rings is 1. The Hall–Kier alpha value is -1.31. The molecule has 0 radical (unpaired) electrons. The number of amides is 1. The van der Waals surface area contributed by atoms with Crippen molar-refractivity contribution in [1.29, 1.82) is 0 Å². The number of sulfonamides is 1. The van der Waals surface area contributed by atoms with Gasteiger partial charge in [0.25, 0.3) is 5.91 Å². The number of rotatable bonds is 3. The number of fused-ring (bicyclic) bond motifs is 1. The number of nitrogens with zero attached hydrogens (tertiary/aromatic N) is 1. The Morgan fingerprint density at radius 3 is 2.56 bits per heavy atom. The number of nitrogens with two attached hydrogens (primary N) is 1. The van der Waals surface area contributed by atoms with E-state index in [9.17, 15) is 13.2 Å². The number of nitrogens with one attached hydrogen (secondary N) is 1. The smallest absolute Gasteiger partial charge is 0.251 e. The van der Waals surface area contributed by atoms with Gasteiger partial charge in [0.1, 0.15) is 0 Å². The summed E-state index contributed by atoms with van der Waals surface area (Å²) in [6, 6.07) is 5.73. The monoisotopic (exact) mass is 387 g/mol. The summed E-state index contributed by atoms with van der Waals surface area (Å²) < 4.78 is 25.2. The van der Waals surface area contributed by atoms with Crippen LogP contribution in [0.1, 0.15) is 48.0 Å². The number of hydrogen-bond donors (Lipinski definition) is 2. The maximum atomic E-state index is 12.5. The first-order chi connectivity index (χ1) is 11.3. The second-order valence-electron chi connectivity index (χ2n) is 6.87. The number of carbonyl (C=O) groups is 1. The Balaban J connectivity index is 0.00000225. The van der Waals surface area contributed by atoms with Crippen molar-refractivity contribution in [3.63, 3.8) is 0 Å². The first kappa shape index (κ1) is 20.0. The fraction of sp³-hybridized carbons (Fsp3) is 0.588. The molecule has 0 aromatic heterocycles. The molecule has 1 aromatic carbocycles. The quantitative estimate of drug-likeness (QED) is 0.827. The van der Waals surface area contributed by atoms with Gasteiger partial charge in [-0.1, -0.05) is 0 Å². The average Bonchev–Trinajstić information content (AvgIpc) is 2.55. The van der Waals surface area contributed by atoms with Crippen LogP contribution in [0.25, 0.3) is 0 Å². The van der Waals surface area contributed by atoms with Gasteiger partial charge >= 0.3 is 0 Å². The lowest BCUT2D eigenvalue weighted by Crippen LogP contribution is -2.40. The van der Waals surface area contributed by atoms with Crippen molar-refractivity contribution < 1.29 is 13.2 Å². The molecular weight excluding hydrogens is 362 g/mol. The first-order valence-corrected chi connectivity index (χ1v) is 10.4. The number of halogens is 1. The Morgan fingerprint density at radius 1 is 1.24 bits per heavy atom. The molecule has 3 N–H and O–H groups in total. The second-order valence-corrected chi connectivity index (χ2v) is 8.77. The molecule has 2 aliphatic rings. The zero-order valence-corrected chi connectivity index (χ0v) is 16.0. The molecule has 25 heavy (non-hydrogen) atoms. The van der Waals surface area contributed by atoms with Crippen LogP contribution < -0.4 is 15.4 Å². The summed E-state index contributed by atoms with van der Waals surface area (Å²) in [6.45, 7) is 0.500. The van der Waals surface area contributed by atoms with Crippen molar-refractivity contribution in [3.05, 3.63) is 29.3 Å². The fourth-order valence-electron chi connectivity index (χ4n) is 3.58. The Bertz CT molecular complexity index is 731. The van der Waals surface area contributed by atoms with Crippen LogP contribution in [0.3, 0.4) is 0 Å². The highest BCUT2D eigenvalue weighted by Crippen LogP contribution is 2.30. The molecule has 8 heteroatoms. The van der Waals surface area contributed by atoms with E-state index in [-0.39, 0.29) is 30.4 Å². The van der Waals surface area contributed by atoms with E-state index in [0.717, 1.165) is 44.1 Å². The maximum absolute atomic E-state index is 12.5. The van der Waals surface area contributed by atoms with E-state index in [1.807, 2.05) is 6.07 Å². The third kappa shape index (κ3) is 4.65. The summed E-state index contributed by atoms with van der Waals surface area (Å²) in [5, 5.41) is 3.08. The molecule has 1 aliphatic heterocycles. The van der Waals surface area contributed by atoms with Crippen molar-refractivity contribution in [2.45, 2.75) is 50.6 Å². The van der Waals surface area contributed by atoms with Crippen molar-refractivity contribution >= 4 is 34.0 Å². The highest BCUT2D eigenvalue weighted by molar-refractivity contribution is 7.92. The lowest BCUT2D eigenvalue weighted by Gasteiger charge is -2.30. The van der Waals surface area contributed by atoms with Crippen LogP contribution in [-0.4, -0.2) is 39.2 Å². The van der Waals surface area contributed by atoms with E-state index in [2.05, 4.69) is 5.32 Å². The molecule has 1 fully saturated rings. The Kier molecular flexibility index (Phi) is 6.35. The van der Waals surface area contributed by atoms with E-state index >= 15 is 0 Å². The topological polar surface area (TPSA) is 92.5 Å². The van der Waals surface area contributed by atoms with Gasteiger partial charge in [0, 0.05) is 24.2 Å². The van der Waals surface area contributed by atoms with Crippen LogP contribution >= 0.6 is 12.4 Å².